The van der Waals surface area contributed by atoms with Crippen LogP contribution in [-0.4, -0.2) is 27.0 Å². The number of hydrazine groups is 1. The van der Waals surface area contributed by atoms with Crippen molar-refractivity contribution in [2.45, 2.75) is 6.61 Å². The van der Waals surface area contributed by atoms with E-state index in [0.29, 0.717) is 23.6 Å². The second kappa shape index (κ2) is 9.01. The molecular formula is C21H17N5O3S. The van der Waals surface area contributed by atoms with Crippen molar-refractivity contribution in [2.75, 3.05) is 0 Å². The zero-order valence-electron chi connectivity index (χ0n) is 15.7. The van der Waals surface area contributed by atoms with E-state index >= 15 is 0 Å². The van der Waals surface area contributed by atoms with Crippen LogP contribution in [0.4, 0.5) is 0 Å². The van der Waals surface area contributed by atoms with Crippen molar-refractivity contribution in [2.24, 2.45) is 0 Å². The summed E-state index contributed by atoms with van der Waals surface area (Å²) in [5.41, 5.74) is 9.48. The molecule has 4 aromatic rings. The summed E-state index contributed by atoms with van der Waals surface area (Å²) in [5, 5.41) is 8.70. The number of nitrogens with zero attached hydrogens (tertiary/aromatic N) is 2. The number of hydrogen-bond donors (Lipinski definition) is 3. The van der Waals surface area contributed by atoms with Crippen LogP contribution in [0.5, 0.6) is 5.75 Å². The second-order valence-electron chi connectivity index (χ2n) is 6.23. The number of aromatic amines is 1. The smallest absolute Gasteiger partial charge is 0.287 e. The van der Waals surface area contributed by atoms with E-state index in [4.69, 9.17) is 4.74 Å². The summed E-state index contributed by atoms with van der Waals surface area (Å²) in [7, 11) is 0. The number of carbonyl (C=O) groups is 2. The average molecular weight is 419 g/mol. The number of thiazole rings is 1. The van der Waals surface area contributed by atoms with Crippen LogP contribution < -0.4 is 15.6 Å². The molecule has 0 fully saturated rings. The zero-order chi connectivity index (χ0) is 20.8. The maximum atomic E-state index is 12.3. The highest BCUT2D eigenvalue weighted by molar-refractivity contribution is 7.07. The molecule has 30 heavy (non-hydrogen) atoms. The van der Waals surface area contributed by atoms with E-state index in [-0.39, 0.29) is 5.69 Å². The van der Waals surface area contributed by atoms with Gasteiger partial charge >= 0.3 is 0 Å². The van der Waals surface area contributed by atoms with Gasteiger partial charge in [-0.25, -0.2) is 4.98 Å². The number of rotatable bonds is 6. The molecule has 2 heterocycles. The van der Waals surface area contributed by atoms with Gasteiger partial charge in [-0.3, -0.25) is 25.5 Å². The van der Waals surface area contributed by atoms with Gasteiger partial charge in [0.15, 0.2) is 0 Å². The van der Waals surface area contributed by atoms with Crippen molar-refractivity contribution < 1.29 is 14.3 Å². The van der Waals surface area contributed by atoms with Crippen molar-refractivity contribution in [3.63, 3.8) is 0 Å². The molecule has 0 aliphatic heterocycles. The van der Waals surface area contributed by atoms with Gasteiger partial charge < -0.3 is 4.74 Å². The minimum absolute atomic E-state index is 0.236. The van der Waals surface area contributed by atoms with Crippen molar-refractivity contribution in [3.8, 4) is 17.0 Å². The third-order valence-electron chi connectivity index (χ3n) is 4.17. The number of ether oxygens (including phenoxy) is 1. The highest BCUT2D eigenvalue weighted by Gasteiger charge is 2.13. The van der Waals surface area contributed by atoms with Gasteiger partial charge in [0.2, 0.25) is 0 Å². The van der Waals surface area contributed by atoms with Crippen LogP contribution in [0.1, 0.15) is 26.5 Å². The van der Waals surface area contributed by atoms with Crippen LogP contribution >= 0.6 is 11.3 Å². The van der Waals surface area contributed by atoms with Gasteiger partial charge in [-0.15, -0.1) is 11.3 Å². The fraction of sp³-hybridized carbons (Fsp3) is 0.0476. The summed E-state index contributed by atoms with van der Waals surface area (Å²) >= 11 is 1.50. The summed E-state index contributed by atoms with van der Waals surface area (Å²) in [4.78, 5) is 28.7. The van der Waals surface area contributed by atoms with Crippen molar-refractivity contribution >= 4 is 23.2 Å². The first kappa shape index (κ1) is 19.3. The Kier molecular flexibility index (Phi) is 5.81. The summed E-state index contributed by atoms with van der Waals surface area (Å²) in [6.45, 7) is 0.361. The molecule has 8 nitrogen and oxygen atoms in total. The van der Waals surface area contributed by atoms with E-state index in [1.54, 1.807) is 35.8 Å². The molecule has 2 aromatic heterocycles. The van der Waals surface area contributed by atoms with Gasteiger partial charge in [-0.05, 0) is 30.3 Å². The normalized spacial score (nSPS) is 10.4. The molecule has 150 valence electrons. The Morgan fingerprint density at radius 1 is 1.00 bits per heavy atom. The molecule has 3 N–H and O–H groups in total. The molecule has 4 rings (SSSR count). The minimum atomic E-state index is -0.499. The average Bonchev–Trinajstić information content (AvgIpc) is 3.49. The Labute approximate surface area is 175 Å². The molecule has 9 heteroatoms. The molecular weight excluding hydrogens is 402 g/mol. The van der Waals surface area contributed by atoms with E-state index in [0.717, 1.165) is 11.3 Å². The monoisotopic (exact) mass is 419 g/mol. The lowest BCUT2D eigenvalue weighted by atomic mass is 10.1. The Balaban J connectivity index is 1.30. The quantitative estimate of drug-likeness (QED) is 0.416. The van der Waals surface area contributed by atoms with Crippen molar-refractivity contribution in [1.82, 2.24) is 26.0 Å². The molecule has 0 unspecified atom stereocenters. The summed E-state index contributed by atoms with van der Waals surface area (Å²) in [6, 6.07) is 17.7. The van der Waals surface area contributed by atoms with Crippen molar-refractivity contribution in [1.29, 1.82) is 0 Å². The second-order valence-corrected chi connectivity index (χ2v) is 6.95. The SMILES string of the molecule is O=C(NNC(=O)c1cc(-c2ccccc2)n[nH]1)c1ccc(OCc2cscn2)cc1. The molecule has 0 atom stereocenters. The Morgan fingerprint density at radius 3 is 2.50 bits per heavy atom. The lowest BCUT2D eigenvalue weighted by Crippen LogP contribution is -2.41. The first-order valence-corrected chi connectivity index (χ1v) is 9.95. The topological polar surface area (TPSA) is 109 Å². The lowest BCUT2D eigenvalue weighted by molar-refractivity contribution is 0.0844. The van der Waals surface area contributed by atoms with Crippen LogP contribution in [0.15, 0.2) is 71.6 Å². The maximum Gasteiger partial charge on any atom is 0.287 e. The standard InChI is InChI=1S/C21H17N5O3S/c27-20(15-6-8-17(9-7-15)29-11-16-12-30-13-22-16)25-26-21(28)19-10-18(23-24-19)14-4-2-1-3-5-14/h1-10,12-13H,11H2,(H,23,24)(H,25,27)(H,26,28). The van der Waals surface area contributed by atoms with Crippen LogP contribution in [0.2, 0.25) is 0 Å². The highest BCUT2D eigenvalue weighted by Crippen LogP contribution is 2.17. The number of nitrogens with one attached hydrogen (secondary N) is 3. The first-order valence-electron chi connectivity index (χ1n) is 9.00. The summed E-state index contributed by atoms with van der Waals surface area (Å²) in [5.74, 6) is -0.326. The number of H-pyrrole nitrogens is 1. The number of carbonyl (C=O) groups excluding carboxylic acids is 2. The van der Waals surface area contributed by atoms with Crippen LogP contribution in [0, 0.1) is 0 Å². The molecule has 2 aromatic carbocycles. The van der Waals surface area contributed by atoms with Crippen LogP contribution in [-0.2, 0) is 6.61 Å². The number of benzene rings is 2. The van der Waals surface area contributed by atoms with E-state index < -0.39 is 11.8 Å². The van der Waals surface area contributed by atoms with E-state index in [1.165, 1.54) is 11.3 Å². The predicted octanol–water partition coefficient (Wildman–Crippen LogP) is 3.19. The molecule has 0 saturated heterocycles. The Morgan fingerprint density at radius 2 is 1.77 bits per heavy atom. The molecule has 0 spiro atoms. The van der Waals surface area contributed by atoms with Gasteiger partial charge in [0, 0.05) is 16.5 Å². The van der Waals surface area contributed by atoms with Gasteiger partial charge in [-0.2, -0.15) is 5.10 Å². The fourth-order valence-electron chi connectivity index (χ4n) is 2.62. The number of hydrogen-bond acceptors (Lipinski definition) is 6. The van der Waals surface area contributed by atoms with Crippen molar-refractivity contribution in [3.05, 3.63) is 88.5 Å². The molecule has 0 saturated carbocycles. The fourth-order valence-corrected chi connectivity index (χ4v) is 3.16. The molecule has 0 radical (unpaired) electrons. The van der Waals surface area contributed by atoms with E-state index in [2.05, 4.69) is 26.0 Å². The van der Waals surface area contributed by atoms with Gasteiger partial charge in [0.05, 0.1) is 16.9 Å². The van der Waals surface area contributed by atoms with Gasteiger partial charge in [0.1, 0.15) is 18.1 Å². The molecule has 0 bridgehead atoms. The highest BCUT2D eigenvalue weighted by atomic mass is 32.1. The Hall–Kier alpha value is -3.98. The third-order valence-corrected chi connectivity index (χ3v) is 4.80. The van der Waals surface area contributed by atoms with Gasteiger partial charge in [0.25, 0.3) is 11.8 Å². The predicted molar refractivity (Wildman–Crippen MR) is 112 cm³/mol. The molecule has 0 aliphatic carbocycles. The van der Waals surface area contributed by atoms with Gasteiger partial charge in [-0.1, -0.05) is 30.3 Å². The van der Waals surface area contributed by atoms with E-state index in [9.17, 15) is 9.59 Å². The maximum absolute atomic E-state index is 12.3. The third kappa shape index (κ3) is 4.70. The lowest BCUT2D eigenvalue weighted by Gasteiger charge is -2.08. The number of aromatic nitrogens is 3. The summed E-state index contributed by atoms with van der Waals surface area (Å²) < 4.78 is 5.61. The first-order chi connectivity index (χ1) is 14.7. The van der Waals surface area contributed by atoms with Crippen LogP contribution in [0.3, 0.4) is 0 Å². The molecule has 2 amide bonds. The Bertz CT molecular complexity index is 1130. The largest absolute Gasteiger partial charge is 0.487 e. The van der Waals surface area contributed by atoms with Crippen LogP contribution in [0.25, 0.3) is 11.3 Å². The molecule has 0 aliphatic rings. The minimum Gasteiger partial charge on any atom is -0.487 e. The zero-order valence-corrected chi connectivity index (χ0v) is 16.5. The summed E-state index contributed by atoms with van der Waals surface area (Å²) in [6.07, 6.45) is 0. The van der Waals surface area contributed by atoms with E-state index in [1.807, 2.05) is 35.7 Å². The number of amides is 2.